The molecule has 2 rings (SSSR count). The van der Waals surface area contributed by atoms with Crippen molar-refractivity contribution in [3.63, 3.8) is 0 Å². The van der Waals surface area contributed by atoms with Crippen molar-refractivity contribution in [2.75, 3.05) is 6.26 Å². The minimum atomic E-state index is -0.163. The lowest BCUT2D eigenvalue weighted by atomic mass is 10.2. The molecular formula is C10H8ClFS2. The molecule has 0 aliphatic carbocycles. The summed E-state index contributed by atoms with van der Waals surface area (Å²) in [4.78, 5) is 1.10. The quantitative estimate of drug-likeness (QED) is 0.555. The molecule has 0 nitrogen and oxygen atoms in total. The van der Waals surface area contributed by atoms with E-state index in [1.807, 2.05) is 17.7 Å². The monoisotopic (exact) mass is 246 g/mol. The van der Waals surface area contributed by atoms with Crippen molar-refractivity contribution in [3.8, 4) is 0 Å². The van der Waals surface area contributed by atoms with Crippen LogP contribution < -0.4 is 0 Å². The molecule has 1 aromatic heterocycles. The zero-order valence-corrected chi connectivity index (χ0v) is 9.90. The summed E-state index contributed by atoms with van der Waals surface area (Å²) in [5.74, 6) is 0.197. The second-order valence-electron chi connectivity index (χ2n) is 2.85. The predicted molar refractivity (Wildman–Crippen MR) is 63.1 cm³/mol. The molecule has 0 spiro atoms. The Morgan fingerprint density at radius 1 is 1.57 bits per heavy atom. The number of thioether (sulfide) groups is 1. The fourth-order valence-corrected chi connectivity index (χ4v) is 3.42. The van der Waals surface area contributed by atoms with E-state index in [1.54, 1.807) is 11.8 Å². The Labute approximate surface area is 95.1 Å². The molecule has 0 radical (unpaired) electrons. The molecule has 0 bridgehead atoms. The highest BCUT2D eigenvalue weighted by atomic mass is 35.5. The third-order valence-corrected chi connectivity index (χ3v) is 4.17. The summed E-state index contributed by atoms with van der Waals surface area (Å²) in [6, 6.07) is 3.49. The number of fused-ring (bicyclic) bond motifs is 1. The van der Waals surface area contributed by atoms with Gasteiger partial charge in [0.25, 0.3) is 0 Å². The minimum absolute atomic E-state index is 0.163. The third-order valence-electron chi connectivity index (χ3n) is 2.07. The van der Waals surface area contributed by atoms with Gasteiger partial charge in [0.2, 0.25) is 0 Å². The highest BCUT2D eigenvalue weighted by Gasteiger charge is 2.11. The average Bonchev–Trinajstić information content (AvgIpc) is 2.66. The summed E-state index contributed by atoms with van der Waals surface area (Å²) in [5.41, 5.74) is 0.877. The number of alkyl halides is 1. The molecule has 0 saturated carbocycles. The molecule has 0 aliphatic heterocycles. The van der Waals surface area contributed by atoms with Gasteiger partial charge in [0.1, 0.15) is 5.82 Å². The number of benzene rings is 1. The first-order valence-corrected chi connectivity index (χ1v) is 6.70. The van der Waals surface area contributed by atoms with E-state index in [9.17, 15) is 4.39 Å². The van der Waals surface area contributed by atoms with Gasteiger partial charge in [0, 0.05) is 16.2 Å². The fourth-order valence-electron chi connectivity index (χ4n) is 1.47. The number of thiophene rings is 1. The molecular weight excluding hydrogens is 239 g/mol. The van der Waals surface area contributed by atoms with Gasteiger partial charge in [-0.15, -0.1) is 34.7 Å². The van der Waals surface area contributed by atoms with E-state index in [0.29, 0.717) is 5.88 Å². The highest BCUT2D eigenvalue weighted by molar-refractivity contribution is 7.98. The van der Waals surface area contributed by atoms with Crippen LogP contribution in [0.5, 0.6) is 0 Å². The summed E-state index contributed by atoms with van der Waals surface area (Å²) in [6.45, 7) is 0. The first kappa shape index (κ1) is 10.3. The lowest BCUT2D eigenvalue weighted by Crippen LogP contribution is -1.87. The third kappa shape index (κ3) is 1.53. The Kier molecular flexibility index (Phi) is 3.00. The van der Waals surface area contributed by atoms with Gasteiger partial charge in [-0.2, -0.15) is 0 Å². The van der Waals surface area contributed by atoms with Crippen molar-refractivity contribution in [2.24, 2.45) is 0 Å². The number of hydrogen-bond donors (Lipinski definition) is 0. The molecule has 2 aromatic rings. The van der Waals surface area contributed by atoms with E-state index in [0.717, 1.165) is 20.5 Å². The molecule has 74 valence electrons. The average molecular weight is 247 g/mol. The van der Waals surface area contributed by atoms with Gasteiger partial charge in [0.15, 0.2) is 0 Å². The zero-order chi connectivity index (χ0) is 10.1. The van der Waals surface area contributed by atoms with Crippen LogP contribution >= 0.6 is 34.7 Å². The van der Waals surface area contributed by atoms with Crippen molar-refractivity contribution < 1.29 is 4.39 Å². The molecule has 0 saturated heterocycles. The van der Waals surface area contributed by atoms with Gasteiger partial charge in [-0.1, -0.05) is 0 Å². The molecule has 14 heavy (non-hydrogen) atoms. The molecule has 1 heterocycles. The Bertz CT molecular complexity index is 464. The number of rotatable bonds is 2. The summed E-state index contributed by atoms with van der Waals surface area (Å²) in [5, 5.41) is 2.89. The number of halogens is 2. The maximum absolute atomic E-state index is 13.5. The predicted octanol–water partition coefficient (Wildman–Crippen LogP) is 4.50. The van der Waals surface area contributed by atoms with Crippen molar-refractivity contribution in [2.45, 2.75) is 10.8 Å². The molecule has 0 aliphatic rings. The Morgan fingerprint density at radius 3 is 3.00 bits per heavy atom. The molecule has 0 fully saturated rings. The van der Waals surface area contributed by atoms with Crippen molar-refractivity contribution in [1.82, 2.24) is 0 Å². The topological polar surface area (TPSA) is 0 Å². The smallest absolute Gasteiger partial charge is 0.141 e. The Hall–Kier alpha value is -0.250. The van der Waals surface area contributed by atoms with Gasteiger partial charge in [-0.05, 0) is 29.3 Å². The van der Waals surface area contributed by atoms with Gasteiger partial charge in [0.05, 0.1) is 4.70 Å². The standard InChI is InChI=1S/C10H8ClFS2/c1-13-9-6(5-11)4-8(12)10-7(9)2-3-14-10/h2-4H,5H2,1H3. The molecule has 0 atom stereocenters. The van der Waals surface area contributed by atoms with E-state index < -0.39 is 0 Å². The zero-order valence-electron chi connectivity index (χ0n) is 7.51. The van der Waals surface area contributed by atoms with Gasteiger partial charge >= 0.3 is 0 Å². The maximum Gasteiger partial charge on any atom is 0.141 e. The van der Waals surface area contributed by atoms with Crippen molar-refractivity contribution >= 4 is 44.8 Å². The number of hydrogen-bond acceptors (Lipinski definition) is 2. The van der Waals surface area contributed by atoms with Crippen LogP contribution in [0.2, 0.25) is 0 Å². The molecule has 0 unspecified atom stereocenters. The largest absolute Gasteiger partial charge is 0.205 e. The van der Waals surface area contributed by atoms with E-state index in [2.05, 4.69) is 0 Å². The highest BCUT2D eigenvalue weighted by Crippen LogP contribution is 2.35. The molecule has 1 aromatic carbocycles. The maximum atomic E-state index is 13.5. The van der Waals surface area contributed by atoms with Crippen LogP contribution in [0.3, 0.4) is 0 Å². The van der Waals surface area contributed by atoms with Gasteiger partial charge in [-0.3, -0.25) is 0 Å². The van der Waals surface area contributed by atoms with Crippen LogP contribution in [0, 0.1) is 5.82 Å². The van der Waals surface area contributed by atoms with Crippen LogP contribution in [0.25, 0.3) is 10.1 Å². The summed E-state index contributed by atoms with van der Waals surface area (Å²) >= 11 is 8.82. The molecule has 0 N–H and O–H groups in total. The first-order valence-electron chi connectivity index (χ1n) is 4.06. The Balaban J connectivity index is 2.82. The van der Waals surface area contributed by atoms with Crippen LogP contribution in [0.1, 0.15) is 5.56 Å². The van der Waals surface area contributed by atoms with Crippen LogP contribution in [-0.4, -0.2) is 6.26 Å². The lowest BCUT2D eigenvalue weighted by molar-refractivity contribution is 0.639. The van der Waals surface area contributed by atoms with E-state index in [1.165, 1.54) is 17.4 Å². The SMILES string of the molecule is CSc1c(CCl)cc(F)c2sccc12. The minimum Gasteiger partial charge on any atom is -0.205 e. The van der Waals surface area contributed by atoms with E-state index >= 15 is 0 Å². The van der Waals surface area contributed by atoms with E-state index in [4.69, 9.17) is 11.6 Å². The van der Waals surface area contributed by atoms with Gasteiger partial charge in [-0.25, -0.2) is 4.39 Å². The van der Waals surface area contributed by atoms with Crippen LogP contribution in [-0.2, 0) is 5.88 Å². The van der Waals surface area contributed by atoms with Crippen molar-refractivity contribution in [1.29, 1.82) is 0 Å². The van der Waals surface area contributed by atoms with Crippen molar-refractivity contribution in [3.05, 3.63) is 28.9 Å². The summed E-state index contributed by atoms with van der Waals surface area (Å²) in [7, 11) is 0. The van der Waals surface area contributed by atoms with Crippen LogP contribution in [0.4, 0.5) is 4.39 Å². The summed E-state index contributed by atoms with van der Waals surface area (Å²) in [6.07, 6.45) is 1.99. The van der Waals surface area contributed by atoms with E-state index in [-0.39, 0.29) is 5.82 Å². The van der Waals surface area contributed by atoms with Crippen LogP contribution in [0.15, 0.2) is 22.4 Å². The van der Waals surface area contributed by atoms with Gasteiger partial charge < -0.3 is 0 Å². The Morgan fingerprint density at radius 2 is 2.36 bits per heavy atom. The summed E-state index contributed by atoms with van der Waals surface area (Å²) < 4.78 is 14.3. The second-order valence-corrected chi connectivity index (χ2v) is 4.85. The second kappa shape index (κ2) is 4.09. The molecule has 0 amide bonds. The lowest BCUT2D eigenvalue weighted by Gasteiger charge is -2.06. The molecule has 4 heteroatoms. The first-order chi connectivity index (χ1) is 6.77. The normalized spacial score (nSPS) is 11.1. The fraction of sp³-hybridized carbons (Fsp3) is 0.200.